The second kappa shape index (κ2) is 5.27. The first-order valence-electron chi connectivity index (χ1n) is 8.76. The predicted octanol–water partition coefficient (Wildman–Crippen LogP) is 2.44. The van der Waals surface area contributed by atoms with Gasteiger partial charge >= 0.3 is 5.97 Å². The second-order valence-corrected chi connectivity index (χ2v) is 7.82. The van der Waals surface area contributed by atoms with E-state index in [-0.39, 0.29) is 5.41 Å². The molecule has 0 aliphatic heterocycles. The number of carbonyl (C=O) groups is 1. The Balaban J connectivity index is 1.23. The molecule has 3 aliphatic rings. The maximum Gasteiger partial charge on any atom is 0.309 e. The first kappa shape index (κ1) is 15.3. The van der Waals surface area contributed by atoms with Crippen molar-refractivity contribution in [3.05, 3.63) is 54.7 Å². The molecule has 7 heteroatoms. The van der Waals surface area contributed by atoms with Gasteiger partial charge in [-0.2, -0.15) is 0 Å². The average Bonchev–Trinajstić information content (AvgIpc) is 3.20. The van der Waals surface area contributed by atoms with E-state index in [1.165, 1.54) is 0 Å². The van der Waals surface area contributed by atoms with Crippen LogP contribution in [0.3, 0.4) is 0 Å². The molecule has 2 aromatic heterocycles. The monoisotopic (exact) mass is 349 g/mol. The standard InChI is InChI=1S/C19H19N5O2/c25-17(26)19-9-18(10-19,11-19)12-24-7-15(21-22-24)6-23-8-16(20-13-23)14-4-2-1-3-5-14/h1-5,7-8,13H,6,9-12H2,(H,25,26). The fourth-order valence-corrected chi connectivity index (χ4v) is 4.62. The number of carboxylic acids is 1. The molecule has 3 aromatic rings. The average molecular weight is 349 g/mol. The van der Waals surface area contributed by atoms with E-state index in [2.05, 4.69) is 15.3 Å². The number of hydrogen-bond acceptors (Lipinski definition) is 4. The largest absolute Gasteiger partial charge is 0.481 e. The van der Waals surface area contributed by atoms with E-state index in [1.54, 1.807) is 6.33 Å². The zero-order chi connectivity index (χ0) is 17.8. The first-order valence-corrected chi connectivity index (χ1v) is 8.76. The third-order valence-corrected chi connectivity index (χ3v) is 5.72. The number of imidazole rings is 1. The van der Waals surface area contributed by atoms with Crippen LogP contribution in [0.15, 0.2) is 49.1 Å². The molecule has 0 saturated heterocycles. The molecule has 0 amide bonds. The summed E-state index contributed by atoms with van der Waals surface area (Å²) >= 11 is 0. The highest BCUT2D eigenvalue weighted by Crippen LogP contribution is 2.73. The van der Waals surface area contributed by atoms with Crippen LogP contribution in [0.1, 0.15) is 25.0 Å². The van der Waals surface area contributed by atoms with Gasteiger partial charge in [0.2, 0.25) is 0 Å². The Hall–Kier alpha value is -2.96. The Kier molecular flexibility index (Phi) is 3.10. The summed E-state index contributed by atoms with van der Waals surface area (Å²) in [6.07, 6.45) is 8.08. The highest BCUT2D eigenvalue weighted by atomic mass is 16.4. The Labute approximate surface area is 150 Å². The van der Waals surface area contributed by atoms with Crippen molar-refractivity contribution in [2.75, 3.05) is 0 Å². The molecule has 1 aromatic carbocycles. The normalized spacial score (nSPS) is 26.2. The first-order chi connectivity index (χ1) is 12.6. The van der Waals surface area contributed by atoms with Gasteiger partial charge in [-0.3, -0.25) is 9.48 Å². The van der Waals surface area contributed by atoms with Crippen molar-refractivity contribution in [3.8, 4) is 11.3 Å². The lowest BCUT2D eigenvalue weighted by molar-refractivity contribution is -0.228. The summed E-state index contributed by atoms with van der Waals surface area (Å²) in [5.74, 6) is -0.645. The lowest BCUT2D eigenvalue weighted by Crippen LogP contribution is -2.66. The van der Waals surface area contributed by atoms with E-state index in [0.717, 1.165) is 42.8 Å². The van der Waals surface area contributed by atoms with Gasteiger partial charge in [0.05, 0.1) is 30.2 Å². The maximum absolute atomic E-state index is 11.2. The van der Waals surface area contributed by atoms with Crippen LogP contribution in [-0.2, 0) is 17.9 Å². The lowest BCUT2D eigenvalue weighted by Gasteiger charge is -2.68. The molecule has 3 aliphatic carbocycles. The molecule has 2 heterocycles. The minimum atomic E-state index is -0.645. The molecule has 3 fully saturated rings. The third-order valence-electron chi connectivity index (χ3n) is 5.72. The zero-order valence-corrected chi connectivity index (χ0v) is 14.2. The Morgan fingerprint density at radius 1 is 1.15 bits per heavy atom. The van der Waals surface area contributed by atoms with Crippen LogP contribution in [0.25, 0.3) is 11.3 Å². The van der Waals surface area contributed by atoms with E-state index in [4.69, 9.17) is 0 Å². The molecule has 26 heavy (non-hydrogen) atoms. The van der Waals surface area contributed by atoms with Gasteiger partial charge in [0.1, 0.15) is 5.69 Å². The fourth-order valence-electron chi connectivity index (χ4n) is 4.62. The van der Waals surface area contributed by atoms with E-state index < -0.39 is 11.4 Å². The van der Waals surface area contributed by atoms with Gasteiger partial charge in [-0.05, 0) is 24.7 Å². The zero-order valence-electron chi connectivity index (χ0n) is 14.2. The molecular formula is C19H19N5O2. The Morgan fingerprint density at radius 3 is 2.65 bits per heavy atom. The summed E-state index contributed by atoms with van der Waals surface area (Å²) in [6, 6.07) is 10.1. The van der Waals surface area contributed by atoms with E-state index in [1.807, 2.05) is 52.0 Å². The lowest BCUT2D eigenvalue weighted by atomic mass is 9.35. The maximum atomic E-state index is 11.2. The summed E-state index contributed by atoms with van der Waals surface area (Å²) in [6.45, 7) is 1.38. The van der Waals surface area contributed by atoms with Gasteiger partial charge in [-0.15, -0.1) is 5.10 Å². The number of carboxylic acid groups (broad SMARTS) is 1. The number of rotatable bonds is 6. The van der Waals surface area contributed by atoms with Gasteiger partial charge in [-0.1, -0.05) is 35.5 Å². The Bertz CT molecular complexity index is 955. The van der Waals surface area contributed by atoms with Crippen LogP contribution < -0.4 is 0 Å². The van der Waals surface area contributed by atoms with Crippen LogP contribution in [0.5, 0.6) is 0 Å². The quantitative estimate of drug-likeness (QED) is 0.739. The van der Waals surface area contributed by atoms with Crippen LogP contribution in [0.2, 0.25) is 0 Å². The molecule has 0 spiro atoms. The summed E-state index contributed by atoms with van der Waals surface area (Å²) in [5, 5.41) is 17.7. The van der Waals surface area contributed by atoms with Gasteiger partial charge < -0.3 is 9.67 Å². The number of nitrogens with zero attached hydrogens (tertiary/aromatic N) is 5. The molecule has 0 atom stereocenters. The number of aromatic nitrogens is 5. The molecule has 0 unspecified atom stereocenters. The molecular weight excluding hydrogens is 330 g/mol. The smallest absolute Gasteiger partial charge is 0.309 e. The van der Waals surface area contributed by atoms with E-state index >= 15 is 0 Å². The second-order valence-electron chi connectivity index (χ2n) is 7.82. The van der Waals surface area contributed by atoms with Gasteiger partial charge in [0.15, 0.2) is 0 Å². The van der Waals surface area contributed by atoms with E-state index in [0.29, 0.717) is 6.54 Å². The molecule has 132 valence electrons. The highest BCUT2D eigenvalue weighted by molar-refractivity contribution is 5.79. The van der Waals surface area contributed by atoms with Crippen molar-refractivity contribution >= 4 is 5.97 Å². The molecule has 1 N–H and O–H groups in total. The van der Waals surface area contributed by atoms with Crippen molar-refractivity contribution in [2.24, 2.45) is 10.8 Å². The predicted molar refractivity (Wildman–Crippen MR) is 93.1 cm³/mol. The van der Waals surface area contributed by atoms with Crippen LogP contribution >= 0.6 is 0 Å². The topological polar surface area (TPSA) is 85.8 Å². The minimum Gasteiger partial charge on any atom is -0.481 e. The number of benzene rings is 1. The van der Waals surface area contributed by atoms with Crippen LogP contribution in [-0.4, -0.2) is 35.6 Å². The van der Waals surface area contributed by atoms with Gasteiger partial charge in [0.25, 0.3) is 0 Å². The van der Waals surface area contributed by atoms with Crippen molar-refractivity contribution in [1.29, 1.82) is 0 Å². The van der Waals surface area contributed by atoms with Crippen LogP contribution in [0, 0.1) is 10.8 Å². The third kappa shape index (κ3) is 2.34. The highest BCUT2D eigenvalue weighted by Gasteiger charge is 2.71. The van der Waals surface area contributed by atoms with Crippen molar-refractivity contribution in [3.63, 3.8) is 0 Å². The molecule has 2 bridgehead atoms. The molecule has 0 radical (unpaired) electrons. The molecule has 3 saturated carbocycles. The number of hydrogen-bond donors (Lipinski definition) is 1. The van der Waals surface area contributed by atoms with Crippen LogP contribution in [0.4, 0.5) is 0 Å². The van der Waals surface area contributed by atoms with Gasteiger partial charge in [-0.25, -0.2) is 4.98 Å². The van der Waals surface area contributed by atoms with E-state index in [9.17, 15) is 9.90 Å². The van der Waals surface area contributed by atoms with Gasteiger partial charge in [0, 0.05) is 18.3 Å². The fraction of sp³-hybridized carbons (Fsp3) is 0.368. The van der Waals surface area contributed by atoms with Crippen molar-refractivity contribution < 1.29 is 9.90 Å². The summed E-state index contributed by atoms with van der Waals surface area (Å²) in [4.78, 5) is 15.7. The minimum absolute atomic E-state index is 0.124. The van der Waals surface area contributed by atoms with Crippen molar-refractivity contribution in [2.45, 2.75) is 32.4 Å². The molecule has 7 nitrogen and oxygen atoms in total. The SMILES string of the molecule is O=C(O)C12CC(Cn3cc(Cn4cnc(-c5ccccc5)c4)nn3)(C1)C2. The summed E-state index contributed by atoms with van der Waals surface area (Å²) < 4.78 is 3.85. The number of aliphatic carboxylic acids is 1. The molecule has 6 rings (SSSR count). The van der Waals surface area contributed by atoms with Crippen molar-refractivity contribution in [1.82, 2.24) is 24.5 Å². The Morgan fingerprint density at radius 2 is 1.92 bits per heavy atom. The summed E-state index contributed by atoms with van der Waals surface area (Å²) in [7, 11) is 0. The summed E-state index contributed by atoms with van der Waals surface area (Å²) in [5.41, 5.74) is 2.59.